The topological polar surface area (TPSA) is 59.0 Å². The zero-order valence-corrected chi connectivity index (χ0v) is 15.5. The molecule has 1 aliphatic rings. The minimum Gasteiger partial charge on any atom is -0.496 e. The smallest absolute Gasteiger partial charge is 0.308 e. The third kappa shape index (κ3) is 4.46. The van der Waals surface area contributed by atoms with Gasteiger partial charge in [-0.05, 0) is 35.4 Å². The Labute approximate surface area is 158 Å². The first-order valence-electron chi connectivity index (χ1n) is 8.87. The molecule has 1 N–H and O–H groups in total. The predicted octanol–water partition coefficient (Wildman–Crippen LogP) is 3.28. The third-order valence-electron chi connectivity index (χ3n) is 5.06. The Balaban J connectivity index is 1.77. The molecule has 1 aliphatic heterocycles. The van der Waals surface area contributed by atoms with E-state index in [-0.39, 0.29) is 11.7 Å². The number of aliphatic carboxylic acids is 1. The Morgan fingerprint density at radius 1 is 1.19 bits per heavy atom. The molecule has 1 saturated heterocycles. The number of carbonyl (C=O) groups is 1. The summed E-state index contributed by atoms with van der Waals surface area (Å²) in [6.07, 6.45) is 0. The SMILES string of the molecule is COCc1cc(CN2C[C@H](C(=O)O)[C@@H](c3ccc(F)cc3)C2)ccc1OC. The van der Waals surface area contributed by atoms with E-state index in [4.69, 9.17) is 9.47 Å². The second-order valence-corrected chi connectivity index (χ2v) is 6.88. The summed E-state index contributed by atoms with van der Waals surface area (Å²) in [7, 11) is 3.26. The normalized spacial score (nSPS) is 20.0. The highest BCUT2D eigenvalue weighted by Gasteiger charge is 2.38. The molecule has 2 aromatic carbocycles. The van der Waals surface area contributed by atoms with Crippen LogP contribution in [0, 0.1) is 11.7 Å². The van der Waals surface area contributed by atoms with Crippen molar-refractivity contribution in [2.45, 2.75) is 19.1 Å². The Morgan fingerprint density at radius 2 is 1.93 bits per heavy atom. The van der Waals surface area contributed by atoms with Gasteiger partial charge >= 0.3 is 5.97 Å². The molecule has 0 aliphatic carbocycles. The minimum absolute atomic E-state index is 0.153. The maximum absolute atomic E-state index is 13.2. The van der Waals surface area contributed by atoms with Crippen LogP contribution in [-0.2, 0) is 22.7 Å². The lowest BCUT2D eigenvalue weighted by Crippen LogP contribution is -2.23. The van der Waals surface area contributed by atoms with Gasteiger partial charge in [-0.15, -0.1) is 0 Å². The highest BCUT2D eigenvalue weighted by atomic mass is 19.1. The largest absolute Gasteiger partial charge is 0.496 e. The van der Waals surface area contributed by atoms with Crippen LogP contribution in [0.2, 0.25) is 0 Å². The molecule has 3 rings (SSSR count). The summed E-state index contributed by atoms with van der Waals surface area (Å²) in [4.78, 5) is 13.9. The molecule has 27 heavy (non-hydrogen) atoms. The van der Waals surface area contributed by atoms with Gasteiger partial charge in [-0.3, -0.25) is 9.69 Å². The summed E-state index contributed by atoms with van der Waals surface area (Å²) in [6, 6.07) is 12.1. The number of hydrogen-bond donors (Lipinski definition) is 1. The number of methoxy groups -OCH3 is 2. The van der Waals surface area contributed by atoms with Gasteiger partial charge in [0.05, 0.1) is 19.6 Å². The highest BCUT2D eigenvalue weighted by molar-refractivity contribution is 5.72. The van der Waals surface area contributed by atoms with Gasteiger partial charge in [0.25, 0.3) is 0 Å². The van der Waals surface area contributed by atoms with E-state index in [9.17, 15) is 14.3 Å². The molecule has 0 unspecified atom stereocenters. The minimum atomic E-state index is -0.818. The van der Waals surface area contributed by atoms with Crippen LogP contribution in [0.15, 0.2) is 42.5 Å². The van der Waals surface area contributed by atoms with E-state index in [0.29, 0.717) is 26.2 Å². The highest BCUT2D eigenvalue weighted by Crippen LogP contribution is 2.34. The molecule has 0 spiro atoms. The molecule has 0 saturated carbocycles. The summed E-state index contributed by atoms with van der Waals surface area (Å²) in [5.74, 6) is -1.02. The van der Waals surface area contributed by atoms with Crippen LogP contribution < -0.4 is 4.74 Å². The molecule has 0 radical (unpaired) electrons. The van der Waals surface area contributed by atoms with Crippen LogP contribution in [0.3, 0.4) is 0 Å². The average molecular weight is 373 g/mol. The predicted molar refractivity (Wildman–Crippen MR) is 99.3 cm³/mol. The zero-order chi connectivity index (χ0) is 19.4. The summed E-state index contributed by atoms with van der Waals surface area (Å²) < 4.78 is 23.8. The second-order valence-electron chi connectivity index (χ2n) is 6.88. The van der Waals surface area contributed by atoms with Gasteiger partial charge in [0.15, 0.2) is 0 Å². The molecule has 0 bridgehead atoms. The lowest BCUT2D eigenvalue weighted by atomic mass is 9.89. The van der Waals surface area contributed by atoms with Gasteiger partial charge in [0, 0.05) is 38.2 Å². The molecule has 1 heterocycles. The lowest BCUT2D eigenvalue weighted by molar-refractivity contribution is -0.141. The van der Waals surface area contributed by atoms with E-state index in [1.807, 2.05) is 18.2 Å². The van der Waals surface area contributed by atoms with E-state index >= 15 is 0 Å². The Hall–Kier alpha value is -2.44. The number of carboxylic acids is 1. The van der Waals surface area contributed by atoms with Crippen LogP contribution in [0.25, 0.3) is 0 Å². The third-order valence-corrected chi connectivity index (χ3v) is 5.06. The molecule has 0 amide bonds. The van der Waals surface area contributed by atoms with Crippen LogP contribution in [0.4, 0.5) is 4.39 Å². The summed E-state index contributed by atoms with van der Waals surface area (Å²) in [5, 5.41) is 9.63. The van der Waals surface area contributed by atoms with Crippen LogP contribution in [-0.4, -0.2) is 43.3 Å². The van der Waals surface area contributed by atoms with Gasteiger partial charge in [-0.1, -0.05) is 18.2 Å². The first-order valence-corrected chi connectivity index (χ1v) is 8.87. The second kappa shape index (κ2) is 8.50. The van der Waals surface area contributed by atoms with Crippen molar-refractivity contribution in [1.82, 2.24) is 4.90 Å². The van der Waals surface area contributed by atoms with Crippen molar-refractivity contribution in [3.8, 4) is 5.75 Å². The Bertz CT molecular complexity index is 793. The maximum Gasteiger partial charge on any atom is 0.308 e. The number of likely N-dealkylation sites (tertiary alicyclic amines) is 1. The molecule has 6 heteroatoms. The molecule has 1 fully saturated rings. The van der Waals surface area contributed by atoms with Crippen molar-refractivity contribution in [1.29, 1.82) is 0 Å². The number of rotatable bonds is 7. The number of carboxylic acid groups (broad SMARTS) is 1. The zero-order valence-electron chi connectivity index (χ0n) is 15.5. The van der Waals surface area contributed by atoms with Crippen molar-refractivity contribution in [3.05, 3.63) is 65.0 Å². The Kier molecular flexibility index (Phi) is 6.08. The van der Waals surface area contributed by atoms with Crippen LogP contribution >= 0.6 is 0 Å². The lowest BCUT2D eigenvalue weighted by Gasteiger charge is -2.17. The van der Waals surface area contributed by atoms with Crippen molar-refractivity contribution in [2.75, 3.05) is 27.3 Å². The molecule has 144 valence electrons. The van der Waals surface area contributed by atoms with Gasteiger partial charge in [-0.25, -0.2) is 4.39 Å². The fraction of sp³-hybridized carbons (Fsp3) is 0.381. The average Bonchev–Trinajstić information content (AvgIpc) is 3.07. The van der Waals surface area contributed by atoms with Gasteiger partial charge in [-0.2, -0.15) is 0 Å². The first kappa shape index (κ1) is 19.3. The van der Waals surface area contributed by atoms with Gasteiger partial charge < -0.3 is 14.6 Å². The molecular formula is C21H24FNO4. The molecule has 5 nitrogen and oxygen atoms in total. The summed E-state index contributed by atoms with van der Waals surface area (Å²) >= 11 is 0. The summed E-state index contributed by atoms with van der Waals surface area (Å²) in [6.45, 7) is 2.17. The van der Waals surface area contributed by atoms with E-state index < -0.39 is 11.9 Å². The van der Waals surface area contributed by atoms with Crippen molar-refractivity contribution in [2.24, 2.45) is 5.92 Å². The molecule has 0 aromatic heterocycles. The van der Waals surface area contributed by atoms with E-state index in [0.717, 1.165) is 22.4 Å². The van der Waals surface area contributed by atoms with Gasteiger partial charge in [0.2, 0.25) is 0 Å². The van der Waals surface area contributed by atoms with Crippen molar-refractivity contribution in [3.63, 3.8) is 0 Å². The number of benzene rings is 2. The van der Waals surface area contributed by atoms with E-state index in [1.165, 1.54) is 12.1 Å². The maximum atomic E-state index is 13.2. The van der Waals surface area contributed by atoms with Crippen LogP contribution in [0.1, 0.15) is 22.6 Å². The van der Waals surface area contributed by atoms with Crippen LogP contribution in [0.5, 0.6) is 5.75 Å². The first-order chi connectivity index (χ1) is 13.0. The van der Waals surface area contributed by atoms with E-state index in [2.05, 4.69) is 4.90 Å². The Morgan fingerprint density at radius 3 is 2.56 bits per heavy atom. The quantitative estimate of drug-likeness (QED) is 0.807. The molecule has 2 aromatic rings. The van der Waals surface area contributed by atoms with Crippen molar-refractivity contribution < 1.29 is 23.8 Å². The molecular weight excluding hydrogens is 349 g/mol. The van der Waals surface area contributed by atoms with E-state index in [1.54, 1.807) is 26.4 Å². The monoisotopic (exact) mass is 373 g/mol. The van der Waals surface area contributed by atoms with Crippen molar-refractivity contribution >= 4 is 5.97 Å². The number of nitrogens with zero attached hydrogens (tertiary/aromatic N) is 1. The number of hydrogen-bond acceptors (Lipinski definition) is 4. The number of halogens is 1. The fourth-order valence-corrected chi connectivity index (χ4v) is 3.77. The standard InChI is InChI=1S/C21H24FNO4/c1-26-13-16-9-14(3-8-20(16)27-2)10-23-11-18(19(12-23)21(24)25)15-4-6-17(22)7-5-15/h3-9,18-19H,10-13H2,1-2H3,(H,24,25)/t18-,19+/m1/s1. The summed E-state index contributed by atoms with van der Waals surface area (Å²) in [5.41, 5.74) is 2.90. The molecule has 2 atom stereocenters. The van der Waals surface area contributed by atoms with Gasteiger partial charge in [0.1, 0.15) is 11.6 Å². The fourth-order valence-electron chi connectivity index (χ4n) is 3.77. The number of ether oxygens (including phenoxy) is 2.